The van der Waals surface area contributed by atoms with Crippen LogP contribution in [-0.2, 0) is 0 Å². The predicted octanol–water partition coefficient (Wildman–Crippen LogP) is 2.38. The molecule has 1 aromatic rings. The fraction of sp³-hybridized carbons (Fsp3) is 0.462. The minimum Gasteiger partial charge on any atom is -0.478 e. The molecule has 3 N–H and O–H groups in total. The Kier molecular flexibility index (Phi) is 3.71. The predicted molar refractivity (Wildman–Crippen MR) is 65.2 cm³/mol. The molecule has 19 heavy (non-hydrogen) atoms. The smallest absolute Gasteiger partial charge is 0.338 e. The molecular formula is C13H15F2NO3. The van der Waals surface area contributed by atoms with E-state index in [1.807, 2.05) is 0 Å². The standard InChI is InChI=1S/C13H15F2NO3/c14-10-8(12(17)18)3-4-9(11(10)15)16-7-13(19)5-1-2-6-13/h3-4,16,19H,1-2,5-7H2,(H,17,18). The fourth-order valence-corrected chi connectivity index (χ4v) is 2.32. The molecule has 4 nitrogen and oxygen atoms in total. The largest absolute Gasteiger partial charge is 0.478 e. The van der Waals surface area contributed by atoms with Crippen LogP contribution < -0.4 is 5.32 Å². The molecule has 1 fully saturated rings. The first-order valence-corrected chi connectivity index (χ1v) is 6.10. The van der Waals surface area contributed by atoms with Gasteiger partial charge in [0.15, 0.2) is 11.6 Å². The summed E-state index contributed by atoms with van der Waals surface area (Å²) >= 11 is 0. The van der Waals surface area contributed by atoms with Gasteiger partial charge in [0.25, 0.3) is 0 Å². The molecule has 0 amide bonds. The Morgan fingerprint density at radius 1 is 1.26 bits per heavy atom. The van der Waals surface area contributed by atoms with E-state index in [0.29, 0.717) is 12.8 Å². The second-order valence-electron chi connectivity index (χ2n) is 4.88. The van der Waals surface area contributed by atoms with Gasteiger partial charge in [-0.3, -0.25) is 0 Å². The van der Waals surface area contributed by atoms with Crippen molar-refractivity contribution in [3.8, 4) is 0 Å². The molecule has 1 saturated carbocycles. The van der Waals surface area contributed by atoms with Crippen molar-refractivity contribution in [2.75, 3.05) is 11.9 Å². The lowest BCUT2D eigenvalue weighted by Gasteiger charge is -2.23. The number of carboxylic acids is 1. The number of halogens is 2. The van der Waals surface area contributed by atoms with Gasteiger partial charge in [-0.15, -0.1) is 0 Å². The molecule has 0 aliphatic heterocycles. The van der Waals surface area contributed by atoms with Gasteiger partial charge >= 0.3 is 5.97 Å². The third-order valence-electron chi connectivity index (χ3n) is 3.45. The minimum absolute atomic E-state index is 0.121. The monoisotopic (exact) mass is 271 g/mol. The quantitative estimate of drug-likeness (QED) is 0.786. The first-order valence-electron chi connectivity index (χ1n) is 6.10. The van der Waals surface area contributed by atoms with Crippen LogP contribution in [0.1, 0.15) is 36.0 Å². The van der Waals surface area contributed by atoms with E-state index in [-0.39, 0.29) is 12.2 Å². The number of anilines is 1. The Bertz CT molecular complexity index is 499. The maximum Gasteiger partial charge on any atom is 0.338 e. The van der Waals surface area contributed by atoms with Crippen molar-refractivity contribution in [2.45, 2.75) is 31.3 Å². The molecule has 2 rings (SSSR count). The van der Waals surface area contributed by atoms with E-state index in [9.17, 15) is 18.7 Å². The molecule has 0 heterocycles. The summed E-state index contributed by atoms with van der Waals surface area (Å²) in [4.78, 5) is 10.6. The highest BCUT2D eigenvalue weighted by Crippen LogP contribution is 2.30. The minimum atomic E-state index is -1.52. The van der Waals surface area contributed by atoms with Gasteiger partial charge in [0.2, 0.25) is 0 Å². The number of aliphatic hydroxyl groups is 1. The van der Waals surface area contributed by atoms with Crippen LogP contribution in [0.3, 0.4) is 0 Å². The van der Waals surface area contributed by atoms with Crippen molar-refractivity contribution < 1.29 is 23.8 Å². The van der Waals surface area contributed by atoms with Crippen LogP contribution in [0.15, 0.2) is 12.1 Å². The summed E-state index contributed by atoms with van der Waals surface area (Å²) in [6.45, 7) is 0.121. The van der Waals surface area contributed by atoms with E-state index in [1.165, 1.54) is 6.07 Å². The van der Waals surface area contributed by atoms with Gasteiger partial charge in [0, 0.05) is 6.54 Å². The molecule has 1 aromatic carbocycles. The SMILES string of the molecule is O=C(O)c1ccc(NCC2(O)CCCC2)c(F)c1F. The average molecular weight is 271 g/mol. The summed E-state index contributed by atoms with van der Waals surface area (Å²) in [5.41, 5.74) is -1.74. The highest BCUT2D eigenvalue weighted by Gasteiger charge is 2.31. The normalized spacial score (nSPS) is 17.4. The summed E-state index contributed by atoms with van der Waals surface area (Å²) in [5, 5.41) is 21.4. The Hall–Kier alpha value is -1.69. The highest BCUT2D eigenvalue weighted by molar-refractivity contribution is 5.88. The maximum absolute atomic E-state index is 13.6. The van der Waals surface area contributed by atoms with Crippen LogP contribution in [0.5, 0.6) is 0 Å². The van der Waals surface area contributed by atoms with Gasteiger partial charge in [0.1, 0.15) is 0 Å². The van der Waals surface area contributed by atoms with Crippen LogP contribution in [0, 0.1) is 11.6 Å². The Labute approximate surface area is 109 Å². The van der Waals surface area contributed by atoms with Gasteiger partial charge < -0.3 is 15.5 Å². The lowest BCUT2D eigenvalue weighted by Crippen LogP contribution is -2.33. The van der Waals surface area contributed by atoms with Gasteiger partial charge in [-0.2, -0.15) is 0 Å². The number of rotatable bonds is 4. The van der Waals surface area contributed by atoms with Gasteiger partial charge in [-0.25, -0.2) is 13.6 Å². The van der Waals surface area contributed by atoms with Gasteiger partial charge in [0.05, 0.1) is 16.9 Å². The number of hydrogen-bond donors (Lipinski definition) is 3. The summed E-state index contributed by atoms with van der Waals surface area (Å²) in [7, 11) is 0. The number of carboxylic acid groups (broad SMARTS) is 1. The fourth-order valence-electron chi connectivity index (χ4n) is 2.32. The number of hydrogen-bond acceptors (Lipinski definition) is 3. The van der Waals surface area contributed by atoms with Gasteiger partial charge in [-0.05, 0) is 25.0 Å². The van der Waals surface area contributed by atoms with Crippen molar-refractivity contribution in [3.63, 3.8) is 0 Å². The second kappa shape index (κ2) is 5.13. The zero-order valence-corrected chi connectivity index (χ0v) is 10.2. The first kappa shape index (κ1) is 13.7. The number of benzene rings is 1. The van der Waals surface area contributed by atoms with Crippen molar-refractivity contribution >= 4 is 11.7 Å². The summed E-state index contributed by atoms with van der Waals surface area (Å²) in [5.74, 6) is -4.14. The molecule has 0 spiro atoms. The van der Waals surface area contributed by atoms with Crippen LogP contribution in [-0.4, -0.2) is 28.3 Å². The Morgan fingerprint density at radius 2 is 1.89 bits per heavy atom. The van der Waals surface area contributed by atoms with E-state index >= 15 is 0 Å². The summed E-state index contributed by atoms with van der Waals surface area (Å²) < 4.78 is 27.1. The average Bonchev–Trinajstić information content (AvgIpc) is 2.78. The molecule has 104 valence electrons. The van der Waals surface area contributed by atoms with E-state index in [2.05, 4.69) is 5.32 Å². The zero-order chi connectivity index (χ0) is 14.0. The van der Waals surface area contributed by atoms with E-state index in [4.69, 9.17) is 5.11 Å². The molecule has 0 atom stereocenters. The van der Waals surface area contributed by atoms with Crippen LogP contribution in [0.4, 0.5) is 14.5 Å². The zero-order valence-electron chi connectivity index (χ0n) is 10.2. The second-order valence-corrected chi connectivity index (χ2v) is 4.88. The molecular weight excluding hydrogens is 256 g/mol. The molecule has 0 radical (unpaired) electrons. The highest BCUT2D eigenvalue weighted by atomic mass is 19.2. The topological polar surface area (TPSA) is 69.6 Å². The molecule has 0 saturated heterocycles. The molecule has 1 aliphatic carbocycles. The number of aromatic carboxylic acids is 1. The van der Waals surface area contributed by atoms with Crippen molar-refractivity contribution in [1.82, 2.24) is 0 Å². The first-order chi connectivity index (χ1) is 8.93. The summed E-state index contributed by atoms with van der Waals surface area (Å²) in [6, 6.07) is 2.17. The Balaban J connectivity index is 2.13. The van der Waals surface area contributed by atoms with Crippen molar-refractivity contribution in [3.05, 3.63) is 29.3 Å². The van der Waals surface area contributed by atoms with Crippen molar-refractivity contribution in [1.29, 1.82) is 0 Å². The molecule has 0 aromatic heterocycles. The lowest BCUT2D eigenvalue weighted by molar-refractivity contribution is 0.0612. The molecule has 6 heteroatoms. The third-order valence-corrected chi connectivity index (χ3v) is 3.45. The number of carbonyl (C=O) groups is 1. The van der Waals surface area contributed by atoms with Crippen LogP contribution >= 0.6 is 0 Å². The van der Waals surface area contributed by atoms with Crippen molar-refractivity contribution in [2.24, 2.45) is 0 Å². The summed E-state index contributed by atoms with van der Waals surface area (Å²) in [6.07, 6.45) is 3.06. The molecule has 0 unspecified atom stereocenters. The van der Waals surface area contributed by atoms with E-state index in [1.54, 1.807) is 0 Å². The maximum atomic E-state index is 13.6. The number of nitrogens with one attached hydrogen (secondary N) is 1. The van der Waals surface area contributed by atoms with Crippen LogP contribution in [0.2, 0.25) is 0 Å². The van der Waals surface area contributed by atoms with Gasteiger partial charge in [-0.1, -0.05) is 12.8 Å². The van der Waals surface area contributed by atoms with E-state index in [0.717, 1.165) is 18.9 Å². The Morgan fingerprint density at radius 3 is 2.47 bits per heavy atom. The third kappa shape index (κ3) is 2.84. The van der Waals surface area contributed by atoms with E-state index < -0.39 is 28.8 Å². The lowest BCUT2D eigenvalue weighted by atomic mass is 10.0. The van der Waals surface area contributed by atoms with Crippen LogP contribution in [0.25, 0.3) is 0 Å². The molecule has 0 bridgehead atoms. The molecule has 1 aliphatic rings.